The van der Waals surface area contributed by atoms with Gasteiger partial charge < -0.3 is 16.0 Å². The Kier molecular flexibility index (Phi) is 3.16. The predicted octanol–water partition coefficient (Wildman–Crippen LogP) is 0.569. The number of nitrogens with one attached hydrogen (secondary N) is 1. The summed E-state index contributed by atoms with van der Waals surface area (Å²) in [5.41, 5.74) is 6.74. The molecule has 0 radical (unpaired) electrons. The van der Waals surface area contributed by atoms with E-state index in [-0.39, 0.29) is 5.91 Å². The second-order valence-electron chi connectivity index (χ2n) is 4.84. The minimum absolute atomic E-state index is 0.0457. The number of nitrogens with two attached hydrogens (primary N) is 1. The minimum atomic E-state index is 0.0457. The third-order valence-corrected chi connectivity index (χ3v) is 3.97. The monoisotopic (exact) mass is 279 g/mol. The molecule has 2 aromatic rings. The molecule has 0 atom stereocenters. The van der Waals surface area contributed by atoms with Crippen LogP contribution >= 0.6 is 11.3 Å². The van der Waals surface area contributed by atoms with Gasteiger partial charge in [-0.2, -0.15) is 0 Å². The number of hydrogen-bond acceptors (Lipinski definition) is 5. The standard InChI is InChI=1S/C12H17N5OS/c1-16(7-10(18)14-8-2-3-8)11-9(6-13)17-4-5-19-12(17)15-11/h4-5,8H,2-3,6-7,13H2,1H3,(H,14,18). The van der Waals surface area contributed by atoms with Gasteiger partial charge in [-0.25, -0.2) is 4.98 Å². The molecule has 0 aliphatic heterocycles. The maximum atomic E-state index is 11.8. The zero-order valence-corrected chi connectivity index (χ0v) is 11.6. The molecule has 1 fully saturated rings. The smallest absolute Gasteiger partial charge is 0.239 e. The second kappa shape index (κ2) is 4.82. The van der Waals surface area contributed by atoms with Crippen molar-refractivity contribution in [3.05, 3.63) is 17.3 Å². The van der Waals surface area contributed by atoms with Crippen molar-refractivity contribution < 1.29 is 4.79 Å². The van der Waals surface area contributed by atoms with Gasteiger partial charge in [-0.1, -0.05) is 0 Å². The Labute approximate surface area is 115 Å². The normalized spacial score (nSPS) is 14.8. The summed E-state index contributed by atoms with van der Waals surface area (Å²) in [6, 6.07) is 0.389. The highest BCUT2D eigenvalue weighted by atomic mass is 32.1. The molecule has 1 saturated carbocycles. The molecule has 1 aliphatic rings. The number of likely N-dealkylation sites (N-methyl/N-ethyl adjacent to an activating group) is 1. The lowest BCUT2D eigenvalue weighted by molar-refractivity contribution is -0.119. The van der Waals surface area contributed by atoms with Crippen molar-refractivity contribution in [2.45, 2.75) is 25.4 Å². The third-order valence-electron chi connectivity index (χ3n) is 3.22. The van der Waals surface area contributed by atoms with Crippen LogP contribution in [0.25, 0.3) is 4.96 Å². The van der Waals surface area contributed by atoms with Crippen LogP contribution in [0.15, 0.2) is 11.6 Å². The summed E-state index contributed by atoms with van der Waals surface area (Å²) in [5.74, 6) is 0.838. The van der Waals surface area contributed by atoms with Crippen LogP contribution in [0.3, 0.4) is 0 Å². The molecule has 2 aromatic heterocycles. The number of rotatable bonds is 5. The molecule has 19 heavy (non-hydrogen) atoms. The van der Waals surface area contributed by atoms with Crippen molar-refractivity contribution in [2.75, 3.05) is 18.5 Å². The Hall–Kier alpha value is -1.60. The van der Waals surface area contributed by atoms with Crippen molar-refractivity contribution >= 4 is 28.0 Å². The average molecular weight is 279 g/mol. The minimum Gasteiger partial charge on any atom is -0.352 e. The van der Waals surface area contributed by atoms with Crippen LogP contribution < -0.4 is 16.0 Å². The Morgan fingerprint density at radius 3 is 3.16 bits per heavy atom. The summed E-state index contributed by atoms with van der Waals surface area (Å²) in [4.78, 5) is 19.1. The topological polar surface area (TPSA) is 75.7 Å². The number of fused-ring (bicyclic) bond motifs is 1. The van der Waals surface area contributed by atoms with Gasteiger partial charge in [0.1, 0.15) is 0 Å². The lowest BCUT2D eigenvalue weighted by Gasteiger charge is -2.17. The van der Waals surface area contributed by atoms with E-state index in [0.29, 0.717) is 19.1 Å². The van der Waals surface area contributed by atoms with Crippen molar-refractivity contribution in [1.29, 1.82) is 0 Å². The summed E-state index contributed by atoms with van der Waals surface area (Å²) < 4.78 is 1.98. The van der Waals surface area contributed by atoms with E-state index in [1.54, 1.807) is 11.3 Å². The fourth-order valence-corrected chi connectivity index (χ4v) is 2.84. The van der Waals surface area contributed by atoms with Gasteiger partial charge in [-0.3, -0.25) is 9.20 Å². The first-order valence-electron chi connectivity index (χ1n) is 6.34. The summed E-state index contributed by atoms with van der Waals surface area (Å²) in [6.45, 7) is 0.718. The molecule has 0 saturated heterocycles. The highest BCUT2D eigenvalue weighted by Crippen LogP contribution is 2.23. The molecule has 1 aliphatic carbocycles. The first kappa shape index (κ1) is 12.4. The quantitative estimate of drug-likeness (QED) is 0.839. The van der Waals surface area contributed by atoms with Crippen molar-refractivity contribution in [1.82, 2.24) is 14.7 Å². The molecule has 0 spiro atoms. The number of hydrogen-bond donors (Lipinski definition) is 2. The summed E-state index contributed by atoms with van der Waals surface area (Å²) in [7, 11) is 1.87. The number of nitrogens with zero attached hydrogens (tertiary/aromatic N) is 3. The van der Waals surface area contributed by atoms with E-state index in [0.717, 1.165) is 29.3 Å². The van der Waals surface area contributed by atoms with Gasteiger partial charge in [0.15, 0.2) is 10.8 Å². The molecule has 1 amide bonds. The zero-order valence-electron chi connectivity index (χ0n) is 10.8. The van der Waals surface area contributed by atoms with Gasteiger partial charge in [0, 0.05) is 31.2 Å². The lowest BCUT2D eigenvalue weighted by Crippen LogP contribution is -2.36. The fourth-order valence-electron chi connectivity index (χ4n) is 2.11. The van der Waals surface area contributed by atoms with Crippen LogP contribution in [-0.4, -0.2) is 34.9 Å². The van der Waals surface area contributed by atoms with Gasteiger partial charge in [-0.05, 0) is 12.8 Å². The van der Waals surface area contributed by atoms with E-state index in [9.17, 15) is 4.79 Å². The predicted molar refractivity (Wildman–Crippen MR) is 75.4 cm³/mol. The van der Waals surface area contributed by atoms with E-state index in [4.69, 9.17) is 5.73 Å². The van der Waals surface area contributed by atoms with Crippen LogP contribution in [0.5, 0.6) is 0 Å². The first-order chi connectivity index (χ1) is 9.19. The summed E-state index contributed by atoms with van der Waals surface area (Å²) in [6.07, 6.45) is 4.16. The fraction of sp³-hybridized carbons (Fsp3) is 0.500. The molecule has 0 bridgehead atoms. The summed E-state index contributed by atoms with van der Waals surface area (Å²) >= 11 is 1.56. The van der Waals surface area contributed by atoms with Gasteiger partial charge in [0.2, 0.25) is 5.91 Å². The molecule has 102 valence electrons. The zero-order chi connectivity index (χ0) is 13.4. The number of aromatic nitrogens is 2. The third kappa shape index (κ3) is 2.43. The first-order valence-corrected chi connectivity index (χ1v) is 7.22. The van der Waals surface area contributed by atoms with Gasteiger partial charge in [-0.15, -0.1) is 11.3 Å². The molecular formula is C12H17N5OS. The van der Waals surface area contributed by atoms with Crippen LogP contribution in [-0.2, 0) is 11.3 Å². The molecule has 2 heterocycles. The van der Waals surface area contributed by atoms with Crippen LogP contribution in [0.2, 0.25) is 0 Å². The second-order valence-corrected chi connectivity index (χ2v) is 5.71. The van der Waals surface area contributed by atoms with Crippen LogP contribution in [0.4, 0.5) is 5.82 Å². The van der Waals surface area contributed by atoms with Crippen LogP contribution in [0.1, 0.15) is 18.5 Å². The molecule has 3 N–H and O–H groups in total. The average Bonchev–Trinajstić information content (AvgIpc) is 2.93. The molecule has 0 unspecified atom stereocenters. The van der Waals surface area contributed by atoms with Crippen LogP contribution in [0, 0.1) is 0 Å². The number of amides is 1. The molecule has 3 rings (SSSR count). The number of anilines is 1. The number of carbonyl (C=O) groups excluding carboxylic acids is 1. The van der Waals surface area contributed by atoms with E-state index in [1.807, 2.05) is 27.9 Å². The molecule has 6 nitrogen and oxygen atoms in total. The lowest BCUT2D eigenvalue weighted by atomic mass is 10.4. The van der Waals surface area contributed by atoms with Gasteiger partial charge >= 0.3 is 0 Å². The van der Waals surface area contributed by atoms with Crippen molar-refractivity contribution in [2.24, 2.45) is 5.73 Å². The van der Waals surface area contributed by atoms with Gasteiger partial charge in [0.25, 0.3) is 0 Å². The molecular weight excluding hydrogens is 262 g/mol. The van der Waals surface area contributed by atoms with E-state index < -0.39 is 0 Å². The van der Waals surface area contributed by atoms with Gasteiger partial charge in [0.05, 0.1) is 12.2 Å². The molecule has 0 aromatic carbocycles. The van der Waals surface area contributed by atoms with E-state index >= 15 is 0 Å². The Morgan fingerprint density at radius 1 is 1.68 bits per heavy atom. The number of thiazole rings is 1. The maximum Gasteiger partial charge on any atom is 0.239 e. The Balaban J connectivity index is 1.77. The Morgan fingerprint density at radius 2 is 2.47 bits per heavy atom. The van der Waals surface area contributed by atoms with E-state index in [2.05, 4.69) is 10.3 Å². The van der Waals surface area contributed by atoms with E-state index in [1.165, 1.54) is 0 Å². The largest absolute Gasteiger partial charge is 0.352 e. The summed E-state index contributed by atoms with van der Waals surface area (Å²) in [5, 5.41) is 4.95. The number of carbonyl (C=O) groups is 1. The Bertz CT molecular complexity index is 600. The molecule has 7 heteroatoms. The SMILES string of the molecule is CN(CC(=O)NC1CC1)c1nc2sccn2c1CN. The highest BCUT2D eigenvalue weighted by molar-refractivity contribution is 7.15. The highest BCUT2D eigenvalue weighted by Gasteiger charge is 2.24. The van der Waals surface area contributed by atoms with Crippen molar-refractivity contribution in [3.63, 3.8) is 0 Å². The van der Waals surface area contributed by atoms with Crippen molar-refractivity contribution in [3.8, 4) is 0 Å². The maximum absolute atomic E-state index is 11.8. The number of imidazole rings is 1.